The van der Waals surface area contributed by atoms with Crippen molar-refractivity contribution >= 4 is 45.8 Å². The molecule has 33 heavy (non-hydrogen) atoms. The highest BCUT2D eigenvalue weighted by molar-refractivity contribution is 6.32. The van der Waals surface area contributed by atoms with Crippen LogP contribution in [0.4, 0.5) is 4.39 Å². The number of fused-ring (bicyclic) bond motifs is 1. The summed E-state index contributed by atoms with van der Waals surface area (Å²) < 4.78 is 19.4. The smallest absolute Gasteiger partial charge is 0.328 e. The zero-order valence-corrected chi connectivity index (χ0v) is 18.4. The number of aliphatic carboxylic acids is 1. The summed E-state index contributed by atoms with van der Waals surface area (Å²) in [5.74, 6) is -1.41. The summed E-state index contributed by atoms with van der Waals surface area (Å²) in [7, 11) is 0. The molecule has 1 heterocycles. The minimum absolute atomic E-state index is 0.0325. The first-order chi connectivity index (χ1) is 15.9. The molecule has 4 rings (SSSR count). The third-order valence-corrected chi connectivity index (χ3v) is 5.69. The van der Waals surface area contributed by atoms with Crippen LogP contribution in [-0.4, -0.2) is 16.2 Å². The van der Waals surface area contributed by atoms with Gasteiger partial charge in [-0.3, -0.25) is 0 Å². The monoisotopic (exact) mass is 462 g/mol. The van der Waals surface area contributed by atoms with Crippen LogP contribution < -0.4 is 0 Å². The summed E-state index contributed by atoms with van der Waals surface area (Å²) in [6.07, 6.45) is 4.77. The highest BCUT2D eigenvalue weighted by Crippen LogP contribution is 2.41. The Morgan fingerprint density at radius 3 is 2.52 bits per heavy atom. The first kappa shape index (κ1) is 22.4. The second-order valence-electron chi connectivity index (χ2n) is 7.43. The average molecular weight is 463 g/mol. The van der Waals surface area contributed by atoms with Crippen molar-refractivity contribution in [3.8, 4) is 5.75 Å². The van der Waals surface area contributed by atoms with E-state index in [-0.39, 0.29) is 5.75 Å². The van der Waals surface area contributed by atoms with Gasteiger partial charge in [0.05, 0.1) is 11.3 Å². The fourth-order valence-corrected chi connectivity index (χ4v) is 4.17. The molecule has 0 aliphatic heterocycles. The lowest BCUT2D eigenvalue weighted by molar-refractivity contribution is -0.131. The molecule has 4 aromatic rings. The predicted octanol–water partition coefficient (Wildman–Crippen LogP) is 7.40. The van der Waals surface area contributed by atoms with Crippen LogP contribution in [0.3, 0.4) is 0 Å². The molecule has 0 fully saturated rings. The molecular formula is C27H20ClFO4. The number of hydrogen-bond donors (Lipinski definition) is 2. The fourth-order valence-electron chi connectivity index (χ4n) is 3.89. The molecule has 0 saturated heterocycles. The van der Waals surface area contributed by atoms with Gasteiger partial charge in [0.25, 0.3) is 0 Å². The number of aromatic hydroxyl groups is 1. The molecule has 2 N–H and O–H groups in total. The molecule has 3 aromatic carbocycles. The van der Waals surface area contributed by atoms with Crippen LogP contribution in [0.2, 0.25) is 5.02 Å². The minimum atomic E-state index is -1.02. The van der Waals surface area contributed by atoms with Crippen molar-refractivity contribution in [3.63, 3.8) is 0 Å². The Morgan fingerprint density at radius 1 is 1.09 bits per heavy atom. The standard InChI is InChI=1S/C27H20ClFO4/c1-2-19(20-12-11-18(29)14-23(20)28)26(17-9-6-16(7-10-17)8-13-25(31)32)22-15-33-27-21(22)4-3-5-24(27)30/h3-15,30H,2H2,1H3,(H,31,32). The van der Waals surface area contributed by atoms with E-state index < -0.39 is 11.8 Å². The van der Waals surface area contributed by atoms with Gasteiger partial charge in [0.1, 0.15) is 5.82 Å². The Bertz CT molecular complexity index is 1400. The fraction of sp³-hybridized carbons (Fsp3) is 0.0741. The second kappa shape index (κ2) is 9.35. The van der Waals surface area contributed by atoms with Gasteiger partial charge in [0.2, 0.25) is 0 Å². The number of phenols is 1. The summed E-state index contributed by atoms with van der Waals surface area (Å²) in [4.78, 5) is 10.8. The van der Waals surface area contributed by atoms with Crippen molar-refractivity contribution in [2.45, 2.75) is 13.3 Å². The number of hydrogen-bond acceptors (Lipinski definition) is 3. The molecule has 0 amide bonds. The van der Waals surface area contributed by atoms with Crippen LogP contribution >= 0.6 is 11.6 Å². The molecule has 0 bridgehead atoms. The maximum atomic E-state index is 13.7. The molecule has 166 valence electrons. The first-order valence-corrected chi connectivity index (χ1v) is 10.7. The number of halogens is 2. The van der Waals surface area contributed by atoms with Crippen molar-refractivity contribution in [3.05, 3.63) is 106 Å². The van der Waals surface area contributed by atoms with Crippen LogP contribution in [0.15, 0.2) is 77.4 Å². The van der Waals surface area contributed by atoms with Gasteiger partial charge < -0.3 is 14.6 Å². The number of para-hydroxylation sites is 1. The number of carbonyl (C=O) groups is 1. The Balaban J connectivity index is 1.99. The summed E-state index contributed by atoms with van der Waals surface area (Å²) in [5, 5.41) is 20.1. The molecule has 0 spiro atoms. The number of carboxylic acids is 1. The lowest BCUT2D eigenvalue weighted by Crippen LogP contribution is -1.96. The predicted molar refractivity (Wildman–Crippen MR) is 129 cm³/mol. The summed E-state index contributed by atoms with van der Waals surface area (Å²) in [6, 6.07) is 16.8. The number of allylic oxidation sites excluding steroid dienone is 1. The van der Waals surface area contributed by atoms with E-state index in [2.05, 4.69) is 0 Å². The van der Waals surface area contributed by atoms with Crippen LogP contribution in [0.25, 0.3) is 28.2 Å². The van der Waals surface area contributed by atoms with Crippen molar-refractivity contribution in [2.75, 3.05) is 0 Å². The van der Waals surface area contributed by atoms with Crippen molar-refractivity contribution in [2.24, 2.45) is 0 Å². The van der Waals surface area contributed by atoms with Gasteiger partial charge >= 0.3 is 5.97 Å². The number of rotatable bonds is 6. The summed E-state index contributed by atoms with van der Waals surface area (Å²) >= 11 is 6.43. The molecule has 0 atom stereocenters. The van der Waals surface area contributed by atoms with E-state index >= 15 is 0 Å². The third-order valence-electron chi connectivity index (χ3n) is 5.38. The van der Waals surface area contributed by atoms with E-state index in [0.29, 0.717) is 22.6 Å². The SMILES string of the molecule is CCC(=C(c1ccc(C=CC(=O)O)cc1)c1coc2c(O)cccc12)c1ccc(F)cc1Cl. The van der Waals surface area contributed by atoms with Crippen molar-refractivity contribution in [1.29, 1.82) is 0 Å². The summed E-state index contributed by atoms with van der Waals surface area (Å²) in [5.41, 5.74) is 5.08. The number of carboxylic acid groups (broad SMARTS) is 1. The number of furan rings is 1. The van der Waals surface area contributed by atoms with Crippen molar-refractivity contribution in [1.82, 2.24) is 0 Å². The Morgan fingerprint density at radius 2 is 1.85 bits per heavy atom. The Hall–Kier alpha value is -3.83. The van der Waals surface area contributed by atoms with Gasteiger partial charge in [-0.2, -0.15) is 0 Å². The maximum Gasteiger partial charge on any atom is 0.328 e. The minimum Gasteiger partial charge on any atom is -0.504 e. The normalized spacial score (nSPS) is 12.3. The molecule has 0 saturated carbocycles. The van der Waals surface area contributed by atoms with Crippen LogP contribution in [0.1, 0.15) is 35.6 Å². The highest BCUT2D eigenvalue weighted by atomic mass is 35.5. The van der Waals surface area contributed by atoms with E-state index in [0.717, 1.165) is 39.3 Å². The molecule has 6 heteroatoms. The van der Waals surface area contributed by atoms with Crippen molar-refractivity contribution < 1.29 is 23.8 Å². The van der Waals surface area contributed by atoms with Gasteiger partial charge in [-0.25, -0.2) is 9.18 Å². The first-order valence-electron chi connectivity index (χ1n) is 10.3. The van der Waals surface area contributed by atoms with Gasteiger partial charge in [0, 0.05) is 17.0 Å². The molecular weight excluding hydrogens is 443 g/mol. The van der Waals surface area contributed by atoms with Gasteiger partial charge in [-0.05, 0) is 58.5 Å². The maximum absolute atomic E-state index is 13.7. The van der Waals surface area contributed by atoms with Crippen LogP contribution in [-0.2, 0) is 4.79 Å². The largest absolute Gasteiger partial charge is 0.504 e. The molecule has 0 aliphatic rings. The average Bonchev–Trinajstić information content (AvgIpc) is 3.22. The zero-order valence-electron chi connectivity index (χ0n) is 17.7. The number of benzene rings is 3. The lowest BCUT2D eigenvalue weighted by atomic mass is 9.87. The summed E-state index contributed by atoms with van der Waals surface area (Å²) in [6.45, 7) is 1.98. The Labute approximate surface area is 194 Å². The topological polar surface area (TPSA) is 70.7 Å². The van der Waals surface area contributed by atoms with Gasteiger partial charge in [-0.1, -0.05) is 61.0 Å². The lowest BCUT2D eigenvalue weighted by Gasteiger charge is -2.16. The Kier molecular flexibility index (Phi) is 6.33. The van der Waals surface area contributed by atoms with E-state index in [1.807, 2.05) is 37.3 Å². The van der Waals surface area contributed by atoms with Crippen LogP contribution in [0.5, 0.6) is 5.75 Å². The van der Waals surface area contributed by atoms with E-state index in [1.165, 1.54) is 18.2 Å². The molecule has 0 radical (unpaired) electrons. The molecule has 0 unspecified atom stereocenters. The van der Waals surface area contributed by atoms with E-state index in [9.17, 15) is 14.3 Å². The zero-order chi connectivity index (χ0) is 23.5. The van der Waals surface area contributed by atoms with E-state index in [4.69, 9.17) is 21.1 Å². The number of phenolic OH excluding ortho intramolecular Hbond substituents is 1. The quantitative estimate of drug-likeness (QED) is 0.231. The van der Waals surface area contributed by atoms with E-state index in [1.54, 1.807) is 24.5 Å². The third kappa shape index (κ3) is 4.54. The van der Waals surface area contributed by atoms with Crippen LogP contribution in [0, 0.1) is 5.82 Å². The van der Waals surface area contributed by atoms with Gasteiger partial charge in [-0.15, -0.1) is 0 Å². The molecule has 1 aromatic heterocycles. The van der Waals surface area contributed by atoms with Gasteiger partial charge in [0.15, 0.2) is 11.3 Å². The highest BCUT2D eigenvalue weighted by Gasteiger charge is 2.20. The molecule has 4 nitrogen and oxygen atoms in total. The second-order valence-corrected chi connectivity index (χ2v) is 7.84. The molecule has 0 aliphatic carbocycles.